The van der Waals surface area contributed by atoms with Gasteiger partial charge in [0.15, 0.2) is 0 Å². The molecule has 0 saturated heterocycles. The zero-order chi connectivity index (χ0) is 13.9. The largest absolute Gasteiger partial charge is 0.336 e. The Hall–Kier alpha value is -1.87. The summed E-state index contributed by atoms with van der Waals surface area (Å²) >= 11 is 0. The molecule has 2 aromatic rings. The van der Waals surface area contributed by atoms with Crippen LogP contribution >= 0.6 is 0 Å². The molecule has 1 aliphatic carbocycles. The predicted octanol–water partition coefficient (Wildman–Crippen LogP) is 2.79. The third-order valence-electron chi connectivity index (χ3n) is 3.87. The lowest BCUT2D eigenvalue weighted by Crippen LogP contribution is -2.35. The fraction of sp³-hybridized carbons (Fsp3) is 0.353. The Bertz CT molecular complexity index is 614. The molecule has 3 heteroatoms. The summed E-state index contributed by atoms with van der Waals surface area (Å²) in [6.07, 6.45) is 3.12. The molecule has 2 N–H and O–H groups in total. The highest BCUT2D eigenvalue weighted by Gasteiger charge is 2.32. The van der Waals surface area contributed by atoms with Gasteiger partial charge in [-0.3, -0.25) is 4.79 Å². The van der Waals surface area contributed by atoms with Gasteiger partial charge in [0, 0.05) is 18.2 Å². The molecule has 0 unspecified atom stereocenters. The summed E-state index contributed by atoms with van der Waals surface area (Å²) in [5, 5.41) is 2.16. The van der Waals surface area contributed by atoms with Crippen molar-refractivity contribution in [1.82, 2.24) is 4.90 Å². The maximum Gasteiger partial charge on any atom is 0.254 e. The van der Waals surface area contributed by atoms with Gasteiger partial charge in [-0.1, -0.05) is 36.4 Å². The lowest BCUT2D eigenvalue weighted by Gasteiger charge is -2.23. The maximum atomic E-state index is 12.8. The molecule has 0 bridgehead atoms. The van der Waals surface area contributed by atoms with E-state index in [0.717, 1.165) is 42.1 Å². The van der Waals surface area contributed by atoms with E-state index < -0.39 is 0 Å². The Labute approximate surface area is 119 Å². The standard InChI is InChI=1S/C17H20N2O/c18-11-4-12-19(14-9-10-14)17(20)16-8-3-6-13-5-1-2-7-15(13)16/h1-3,5-8,14H,4,9-12,18H2. The van der Waals surface area contributed by atoms with Gasteiger partial charge >= 0.3 is 0 Å². The van der Waals surface area contributed by atoms with Crippen LogP contribution in [0.1, 0.15) is 29.6 Å². The number of benzene rings is 2. The summed E-state index contributed by atoms with van der Waals surface area (Å²) in [6, 6.07) is 14.4. The van der Waals surface area contributed by atoms with Crippen LogP contribution in [0.15, 0.2) is 42.5 Å². The van der Waals surface area contributed by atoms with Gasteiger partial charge in [-0.2, -0.15) is 0 Å². The fourth-order valence-electron chi connectivity index (χ4n) is 2.66. The lowest BCUT2D eigenvalue weighted by atomic mass is 10.0. The third kappa shape index (κ3) is 2.54. The van der Waals surface area contributed by atoms with Crippen LogP contribution in [-0.2, 0) is 0 Å². The van der Waals surface area contributed by atoms with Crippen molar-refractivity contribution in [2.24, 2.45) is 5.73 Å². The van der Waals surface area contributed by atoms with Crippen LogP contribution in [0.3, 0.4) is 0 Å². The van der Waals surface area contributed by atoms with Crippen LogP contribution in [0.25, 0.3) is 10.8 Å². The van der Waals surface area contributed by atoms with Crippen molar-refractivity contribution in [3.63, 3.8) is 0 Å². The number of hydrogen-bond acceptors (Lipinski definition) is 2. The average molecular weight is 268 g/mol. The summed E-state index contributed by atoms with van der Waals surface area (Å²) in [5.41, 5.74) is 6.40. The summed E-state index contributed by atoms with van der Waals surface area (Å²) < 4.78 is 0. The van der Waals surface area contributed by atoms with Crippen LogP contribution in [0, 0.1) is 0 Å². The van der Waals surface area contributed by atoms with Crippen molar-refractivity contribution in [1.29, 1.82) is 0 Å². The molecule has 1 saturated carbocycles. The molecular formula is C17H20N2O. The Morgan fingerprint density at radius 2 is 1.90 bits per heavy atom. The van der Waals surface area contributed by atoms with Gasteiger partial charge in [-0.05, 0) is 42.6 Å². The van der Waals surface area contributed by atoms with Gasteiger partial charge < -0.3 is 10.6 Å². The molecule has 0 spiro atoms. The van der Waals surface area contributed by atoms with Gasteiger partial charge in [0.1, 0.15) is 0 Å². The van der Waals surface area contributed by atoms with E-state index >= 15 is 0 Å². The number of amides is 1. The highest BCUT2D eigenvalue weighted by molar-refractivity contribution is 6.07. The van der Waals surface area contributed by atoms with Crippen molar-refractivity contribution < 1.29 is 4.79 Å². The molecule has 104 valence electrons. The highest BCUT2D eigenvalue weighted by atomic mass is 16.2. The number of nitrogens with zero attached hydrogens (tertiary/aromatic N) is 1. The van der Waals surface area contributed by atoms with Crippen molar-refractivity contribution in [3.8, 4) is 0 Å². The molecular weight excluding hydrogens is 248 g/mol. The lowest BCUT2D eigenvalue weighted by molar-refractivity contribution is 0.0744. The van der Waals surface area contributed by atoms with Crippen LogP contribution in [0.4, 0.5) is 0 Å². The van der Waals surface area contributed by atoms with Crippen molar-refractivity contribution in [2.75, 3.05) is 13.1 Å². The molecule has 0 aliphatic heterocycles. The first-order valence-corrected chi connectivity index (χ1v) is 7.30. The second-order valence-electron chi connectivity index (χ2n) is 5.40. The summed E-state index contributed by atoms with van der Waals surface area (Å²) in [6.45, 7) is 1.40. The molecule has 3 nitrogen and oxygen atoms in total. The second kappa shape index (κ2) is 5.63. The Kier molecular flexibility index (Phi) is 3.70. The van der Waals surface area contributed by atoms with E-state index in [0.29, 0.717) is 12.6 Å². The minimum absolute atomic E-state index is 0.151. The van der Waals surface area contributed by atoms with Crippen molar-refractivity contribution >= 4 is 16.7 Å². The SMILES string of the molecule is NCCCN(C(=O)c1cccc2ccccc12)C1CC1. The summed E-state index contributed by atoms with van der Waals surface area (Å²) in [4.78, 5) is 14.8. The minimum atomic E-state index is 0.151. The van der Waals surface area contributed by atoms with Gasteiger partial charge in [-0.25, -0.2) is 0 Å². The number of carbonyl (C=O) groups is 1. The number of nitrogens with two attached hydrogens (primary N) is 1. The average Bonchev–Trinajstić information content (AvgIpc) is 3.31. The van der Waals surface area contributed by atoms with E-state index in [1.165, 1.54) is 0 Å². The first-order valence-electron chi connectivity index (χ1n) is 7.30. The molecule has 0 radical (unpaired) electrons. The van der Waals surface area contributed by atoms with E-state index in [2.05, 4.69) is 0 Å². The fourth-order valence-corrected chi connectivity index (χ4v) is 2.66. The smallest absolute Gasteiger partial charge is 0.254 e. The Balaban J connectivity index is 1.94. The monoisotopic (exact) mass is 268 g/mol. The molecule has 1 amide bonds. The van der Waals surface area contributed by atoms with Gasteiger partial charge in [0.05, 0.1) is 0 Å². The Morgan fingerprint density at radius 3 is 2.65 bits per heavy atom. The maximum absolute atomic E-state index is 12.8. The molecule has 3 rings (SSSR count). The molecule has 0 atom stereocenters. The Morgan fingerprint density at radius 1 is 1.15 bits per heavy atom. The van der Waals surface area contributed by atoms with E-state index in [4.69, 9.17) is 5.73 Å². The number of rotatable bonds is 5. The van der Waals surface area contributed by atoms with Crippen molar-refractivity contribution in [2.45, 2.75) is 25.3 Å². The van der Waals surface area contributed by atoms with Gasteiger partial charge in [0.25, 0.3) is 5.91 Å². The zero-order valence-corrected chi connectivity index (χ0v) is 11.6. The van der Waals surface area contributed by atoms with Crippen LogP contribution < -0.4 is 5.73 Å². The first kappa shape index (κ1) is 13.1. The highest BCUT2D eigenvalue weighted by Crippen LogP contribution is 2.30. The number of fused-ring (bicyclic) bond motifs is 1. The molecule has 1 fully saturated rings. The van der Waals surface area contributed by atoms with E-state index in [1.54, 1.807) is 0 Å². The minimum Gasteiger partial charge on any atom is -0.336 e. The first-order chi connectivity index (χ1) is 9.81. The van der Waals surface area contributed by atoms with Crippen molar-refractivity contribution in [3.05, 3.63) is 48.0 Å². The van der Waals surface area contributed by atoms with Crippen LogP contribution in [0.2, 0.25) is 0 Å². The number of carbonyl (C=O) groups excluding carboxylic acids is 1. The molecule has 20 heavy (non-hydrogen) atoms. The van der Waals surface area contributed by atoms with Gasteiger partial charge in [0.2, 0.25) is 0 Å². The quantitative estimate of drug-likeness (QED) is 0.906. The van der Waals surface area contributed by atoms with E-state index in [1.807, 2.05) is 47.4 Å². The normalized spacial score (nSPS) is 14.4. The molecule has 0 aromatic heterocycles. The van der Waals surface area contributed by atoms with Gasteiger partial charge in [-0.15, -0.1) is 0 Å². The number of hydrogen-bond donors (Lipinski definition) is 1. The summed E-state index contributed by atoms with van der Waals surface area (Å²) in [7, 11) is 0. The molecule has 2 aromatic carbocycles. The topological polar surface area (TPSA) is 46.3 Å². The van der Waals surface area contributed by atoms with Crippen LogP contribution in [-0.4, -0.2) is 29.9 Å². The predicted molar refractivity (Wildman–Crippen MR) is 81.7 cm³/mol. The third-order valence-corrected chi connectivity index (χ3v) is 3.87. The molecule has 1 aliphatic rings. The second-order valence-corrected chi connectivity index (χ2v) is 5.40. The van der Waals surface area contributed by atoms with E-state index in [9.17, 15) is 4.79 Å². The zero-order valence-electron chi connectivity index (χ0n) is 11.6. The summed E-state index contributed by atoms with van der Waals surface area (Å²) in [5.74, 6) is 0.151. The molecule has 0 heterocycles. The van der Waals surface area contributed by atoms with Crippen LogP contribution in [0.5, 0.6) is 0 Å². The van der Waals surface area contributed by atoms with E-state index in [-0.39, 0.29) is 5.91 Å².